The minimum Gasteiger partial charge on any atom is -0.396 e. The van der Waals surface area contributed by atoms with Gasteiger partial charge in [0.25, 0.3) is 0 Å². The lowest BCUT2D eigenvalue weighted by Crippen LogP contribution is -2.05. The highest BCUT2D eigenvalue weighted by Crippen LogP contribution is 2.21. The van der Waals surface area contributed by atoms with Crippen LogP contribution in [0.15, 0.2) is 11.1 Å². The van der Waals surface area contributed by atoms with Crippen LogP contribution in [-0.2, 0) is 11.3 Å². The maximum absolute atomic E-state index is 8.97. The Labute approximate surface area is 106 Å². The fraction of sp³-hybridized carbons (Fsp3) is 0.636. The molecule has 5 nitrogen and oxygen atoms in total. The molecular weight excluding hydrogens is 238 g/mol. The second-order valence-electron chi connectivity index (χ2n) is 3.79. The number of anilines is 1. The molecule has 0 saturated carbocycles. The molecule has 1 aromatic heterocycles. The number of aromatic nitrogens is 2. The molecule has 0 radical (unpaired) electrons. The minimum atomic E-state index is 0.196. The molecule has 0 bridgehead atoms. The summed E-state index contributed by atoms with van der Waals surface area (Å²) in [7, 11) is 3.44. The monoisotopic (exact) mass is 257 g/mol. The number of methoxy groups -OCH3 is 1. The van der Waals surface area contributed by atoms with Gasteiger partial charge in [0.05, 0.1) is 0 Å². The topological polar surface area (TPSA) is 67.3 Å². The maximum Gasteiger partial charge on any atom is 0.157 e. The molecular formula is C11H19N3O2S. The first-order valence-electron chi connectivity index (χ1n) is 5.48. The van der Waals surface area contributed by atoms with E-state index in [-0.39, 0.29) is 12.5 Å². The number of hydrogen-bond donors (Lipinski definition) is 2. The van der Waals surface area contributed by atoms with Gasteiger partial charge in [-0.25, -0.2) is 9.97 Å². The Morgan fingerprint density at radius 1 is 1.53 bits per heavy atom. The van der Waals surface area contributed by atoms with Gasteiger partial charge in [-0.05, 0) is 5.92 Å². The van der Waals surface area contributed by atoms with E-state index < -0.39 is 0 Å². The lowest BCUT2D eigenvalue weighted by Gasteiger charge is -2.09. The Bertz CT molecular complexity index is 349. The van der Waals surface area contributed by atoms with Crippen molar-refractivity contribution in [2.45, 2.75) is 18.6 Å². The van der Waals surface area contributed by atoms with E-state index in [9.17, 15) is 0 Å². The third kappa shape index (κ3) is 4.89. The molecule has 0 aromatic carbocycles. The Morgan fingerprint density at radius 2 is 2.29 bits per heavy atom. The number of nitrogens with one attached hydrogen (secondary N) is 1. The highest BCUT2D eigenvalue weighted by molar-refractivity contribution is 7.99. The molecule has 0 spiro atoms. The van der Waals surface area contributed by atoms with Crippen molar-refractivity contribution in [2.24, 2.45) is 5.92 Å². The molecule has 96 valence electrons. The summed E-state index contributed by atoms with van der Waals surface area (Å²) in [6.45, 7) is 2.60. The average Bonchev–Trinajstić information content (AvgIpc) is 2.36. The molecule has 2 N–H and O–H groups in total. The molecule has 1 rings (SSSR count). The molecule has 0 aliphatic rings. The number of hydrogen-bond acceptors (Lipinski definition) is 6. The molecule has 1 unspecified atom stereocenters. The van der Waals surface area contributed by atoms with Crippen LogP contribution in [0.1, 0.15) is 12.7 Å². The van der Waals surface area contributed by atoms with Crippen LogP contribution in [0.3, 0.4) is 0 Å². The number of rotatable bonds is 7. The maximum atomic E-state index is 8.97. The zero-order valence-electron chi connectivity index (χ0n) is 10.4. The van der Waals surface area contributed by atoms with Crippen LogP contribution in [-0.4, -0.2) is 41.6 Å². The van der Waals surface area contributed by atoms with Crippen LogP contribution in [0.4, 0.5) is 5.82 Å². The van der Waals surface area contributed by atoms with E-state index in [1.807, 2.05) is 20.0 Å². The van der Waals surface area contributed by atoms with E-state index in [1.165, 1.54) is 0 Å². The summed E-state index contributed by atoms with van der Waals surface area (Å²) in [5, 5.41) is 12.9. The fourth-order valence-corrected chi connectivity index (χ4v) is 2.07. The quantitative estimate of drug-likeness (QED) is 0.568. The smallest absolute Gasteiger partial charge is 0.157 e. The van der Waals surface area contributed by atoms with Gasteiger partial charge in [-0.1, -0.05) is 6.92 Å². The van der Waals surface area contributed by atoms with Gasteiger partial charge in [-0.3, -0.25) is 0 Å². The van der Waals surface area contributed by atoms with Crippen LogP contribution in [0.2, 0.25) is 0 Å². The van der Waals surface area contributed by atoms with Gasteiger partial charge in [0, 0.05) is 32.6 Å². The number of thioether (sulfide) groups is 1. The summed E-state index contributed by atoms with van der Waals surface area (Å²) in [6, 6.07) is 1.90. The Hall–Kier alpha value is -0.850. The van der Waals surface area contributed by atoms with Gasteiger partial charge in [0.2, 0.25) is 0 Å². The molecule has 17 heavy (non-hydrogen) atoms. The Balaban J connectivity index is 2.72. The third-order valence-corrected chi connectivity index (χ3v) is 3.35. The fourth-order valence-electron chi connectivity index (χ4n) is 1.15. The highest BCUT2D eigenvalue weighted by atomic mass is 32.2. The van der Waals surface area contributed by atoms with Gasteiger partial charge < -0.3 is 15.2 Å². The predicted molar refractivity (Wildman–Crippen MR) is 69.3 cm³/mol. The van der Waals surface area contributed by atoms with Crippen LogP contribution in [0.5, 0.6) is 0 Å². The average molecular weight is 257 g/mol. The summed E-state index contributed by atoms with van der Waals surface area (Å²) in [6.07, 6.45) is 0. The second kappa shape index (κ2) is 7.47. The molecule has 0 aliphatic carbocycles. The molecule has 0 fully saturated rings. The SMILES string of the molecule is CNc1cc(SCC(C)CO)nc(COC)n1. The van der Waals surface area contributed by atoms with Crippen molar-refractivity contribution in [3.8, 4) is 0 Å². The number of ether oxygens (including phenoxy) is 1. The van der Waals surface area contributed by atoms with Crippen molar-refractivity contribution in [3.63, 3.8) is 0 Å². The summed E-state index contributed by atoms with van der Waals surface area (Å²) >= 11 is 1.62. The first-order chi connectivity index (χ1) is 8.19. The van der Waals surface area contributed by atoms with Crippen molar-refractivity contribution in [3.05, 3.63) is 11.9 Å². The number of aliphatic hydroxyl groups excluding tert-OH is 1. The van der Waals surface area contributed by atoms with E-state index in [0.717, 1.165) is 16.6 Å². The number of aliphatic hydroxyl groups is 1. The van der Waals surface area contributed by atoms with Crippen LogP contribution in [0.25, 0.3) is 0 Å². The van der Waals surface area contributed by atoms with E-state index in [1.54, 1.807) is 18.9 Å². The lowest BCUT2D eigenvalue weighted by molar-refractivity contribution is 0.177. The second-order valence-corrected chi connectivity index (χ2v) is 4.83. The van der Waals surface area contributed by atoms with Gasteiger partial charge in [0.15, 0.2) is 5.82 Å². The van der Waals surface area contributed by atoms with Crippen LogP contribution in [0, 0.1) is 5.92 Å². The minimum absolute atomic E-state index is 0.196. The largest absolute Gasteiger partial charge is 0.396 e. The van der Waals surface area contributed by atoms with E-state index in [2.05, 4.69) is 15.3 Å². The Kier molecular flexibility index (Phi) is 6.25. The first-order valence-corrected chi connectivity index (χ1v) is 6.46. The highest BCUT2D eigenvalue weighted by Gasteiger charge is 2.06. The van der Waals surface area contributed by atoms with Crippen molar-refractivity contribution in [1.82, 2.24) is 9.97 Å². The van der Waals surface area contributed by atoms with E-state index in [0.29, 0.717) is 12.4 Å². The molecule has 1 aromatic rings. The zero-order chi connectivity index (χ0) is 12.7. The van der Waals surface area contributed by atoms with Crippen LogP contribution >= 0.6 is 11.8 Å². The van der Waals surface area contributed by atoms with Gasteiger partial charge >= 0.3 is 0 Å². The number of nitrogens with zero attached hydrogens (tertiary/aromatic N) is 2. The van der Waals surface area contributed by atoms with Gasteiger partial charge in [0.1, 0.15) is 17.5 Å². The predicted octanol–water partition coefficient (Wildman–Crippen LogP) is 1.39. The Morgan fingerprint density at radius 3 is 2.88 bits per heavy atom. The molecule has 0 aliphatic heterocycles. The first kappa shape index (κ1) is 14.2. The normalized spacial score (nSPS) is 12.5. The van der Waals surface area contributed by atoms with E-state index in [4.69, 9.17) is 9.84 Å². The van der Waals surface area contributed by atoms with Gasteiger partial charge in [-0.2, -0.15) is 0 Å². The molecule has 6 heteroatoms. The van der Waals surface area contributed by atoms with Crippen molar-refractivity contribution in [2.75, 3.05) is 31.8 Å². The standard InChI is InChI=1S/C11H19N3O2S/c1-8(5-15)7-17-11-4-9(12-2)13-10(14-11)6-16-3/h4,8,15H,5-7H2,1-3H3,(H,12,13,14). The van der Waals surface area contributed by atoms with Crippen molar-refractivity contribution in [1.29, 1.82) is 0 Å². The zero-order valence-corrected chi connectivity index (χ0v) is 11.3. The summed E-state index contributed by atoms with van der Waals surface area (Å²) in [4.78, 5) is 8.66. The van der Waals surface area contributed by atoms with Crippen molar-refractivity contribution < 1.29 is 9.84 Å². The van der Waals surface area contributed by atoms with E-state index >= 15 is 0 Å². The summed E-state index contributed by atoms with van der Waals surface area (Å²) in [5.74, 6) is 2.55. The molecule has 0 saturated heterocycles. The van der Waals surface area contributed by atoms with Crippen molar-refractivity contribution >= 4 is 17.6 Å². The molecule has 1 atom stereocenters. The summed E-state index contributed by atoms with van der Waals surface area (Å²) < 4.78 is 5.03. The summed E-state index contributed by atoms with van der Waals surface area (Å²) in [5.41, 5.74) is 0. The molecule has 0 amide bonds. The van der Waals surface area contributed by atoms with Crippen LogP contribution < -0.4 is 5.32 Å². The van der Waals surface area contributed by atoms with Gasteiger partial charge in [-0.15, -0.1) is 11.8 Å². The molecule has 1 heterocycles. The lowest BCUT2D eigenvalue weighted by atomic mass is 10.2. The third-order valence-electron chi connectivity index (χ3n) is 2.11.